The highest BCUT2D eigenvalue weighted by Gasteiger charge is 2.30. The minimum absolute atomic E-state index is 0.0351. The molecular weight excluding hydrogens is 324 g/mol. The molecule has 25 heavy (non-hydrogen) atoms. The number of aromatic nitrogens is 2. The molecule has 0 aliphatic rings. The van der Waals surface area contributed by atoms with Crippen molar-refractivity contribution in [2.24, 2.45) is 0 Å². The molecular formula is C18H26N2O5. The number of methoxy groups -OCH3 is 1. The van der Waals surface area contributed by atoms with Crippen molar-refractivity contribution in [3.8, 4) is 5.75 Å². The molecule has 0 amide bonds. The Morgan fingerprint density at radius 2 is 1.84 bits per heavy atom. The second-order valence-corrected chi connectivity index (χ2v) is 5.18. The van der Waals surface area contributed by atoms with Crippen molar-refractivity contribution in [3.63, 3.8) is 0 Å². The summed E-state index contributed by atoms with van der Waals surface area (Å²) in [6, 6.07) is 7.35. The Morgan fingerprint density at radius 3 is 2.32 bits per heavy atom. The first-order chi connectivity index (χ1) is 11.8. The van der Waals surface area contributed by atoms with E-state index in [1.165, 1.54) is 10.9 Å². The first-order valence-corrected chi connectivity index (χ1v) is 8.18. The SMILES string of the molecule is CC.CCOC(=O)c1cn(Cc2ccc(OC)cc2)nc1C(C)(O)O. The number of carbonyl (C=O) groups is 1. The van der Waals surface area contributed by atoms with Crippen LogP contribution in [0.3, 0.4) is 0 Å². The molecule has 0 radical (unpaired) electrons. The first kappa shape index (κ1) is 20.7. The van der Waals surface area contributed by atoms with Crippen LogP contribution in [-0.4, -0.2) is 39.7 Å². The highest BCUT2D eigenvalue weighted by atomic mass is 16.5. The molecule has 7 heteroatoms. The normalized spacial score (nSPS) is 10.7. The summed E-state index contributed by atoms with van der Waals surface area (Å²) < 4.78 is 11.5. The van der Waals surface area contributed by atoms with E-state index in [0.29, 0.717) is 6.54 Å². The number of benzene rings is 1. The van der Waals surface area contributed by atoms with Gasteiger partial charge in [-0.25, -0.2) is 4.79 Å². The minimum atomic E-state index is -2.23. The maximum Gasteiger partial charge on any atom is 0.341 e. The van der Waals surface area contributed by atoms with Gasteiger partial charge in [0.2, 0.25) is 5.79 Å². The van der Waals surface area contributed by atoms with E-state index in [1.54, 1.807) is 14.0 Å². The van der Waals surface area contributed by atoms with E-state index >= 15 is 0 Å². The highest BCUT2D eigenvalue weighted by Crippen LogP contribution is 2.21. The highest BCUT2D eigenvalue weighted by molar-refractivity contribution is 5.90. The van der Waals surface area contributed by atoms with E-state index in [9.17, 15) is 15.0 Å². The fourth-order valence-corrected chi connectivity index (χ4v) is 2.13. The van der Waals surface area contributed by atoms with Gasteiger partial charge in [0.25, 0.3) is 0 Å². The molecule has 0 saturated carbocycles. The Balaban J connectivity index is 0.00000151. The minimum Gasteiger partial charge on any atom is -0.497 e. The third-order valence-corrected chi connectivity index (χ3v) is 3.21. The van der Waals surface area contributed by atoms with Crippen molar-refractivity contribution < 1.29 is 24.5 Å². The molecule has 2 N–H and O–H groups in total. The fraction of sp³-hybridized carbons (Fsp3) is 0.444. The number of ether oxygens (including phenoxy) is 2. The lowest BCUT2D eigenvalue weighted by molar-refractivity contribution is -0.156. The van der Waals surface area contributed by atoms with E-state index < -0.39 is 11.8 Å². The van der Waals surface area contributed by atoms with E-state index in [-0.39, 0.29) is 17.9 Å². The molecule has 2 rings (SSSR count). The van der Waals surface area contributed by atoms with Gasteiger partial charge in [-0.15, -0.1) is 0 Å². The van der Waals surface area contributed by atoms with Crippen molar-refractivity contribution in [2.75, 3.05) is 13.7 Å². The topological polar surface area (TPSA) is 93.8 Å². The molecule has 0 aliphatic carbocycles. The lowest BCUT2D eigenvalue weighted by Crippen LogP contribution is -2.24. The van der Waals surface area contributed by atoms with E-state index in [2.05, 4.69) is 5.10 Å². The standard InChI is InChI=1S/C16H20N2O5.C2H6/c1-4-23-15(19)13-10-18(17-14(13)16(2,20)21)9-11-5-7-12(22-3)8-6-11;1-2/h5-8,10,20-21H,4,9H2,1-3H3;1-2H3. The van der Waals surface area contributed by atoms with E-state index in [0.717, 1.165) is 18.2 Å². The number of carbonyl (C=O) groups excluding carboxylic acids is 1. The number of rotatable bonds is 6. The predicted octanol–water partition coefficient (Wildman–Crippen LogP) is 2.30. The van der Waals surface area contributed by atoms with Gasteiger partial charge in [0.1, 0.15) is 17.0 Å². The molecule has 2 aromatic rings. The summed E-state index contributed by atoms with van der Waals surface area (Å²) in [6.07, 6.45) is 1.45. The number of hydrogen-bond donors (Lipinski definition) is 2. The molecule has 0 fully saturated rings. The number of aliphatic hydroxyl groups is 2. The number of nitrogens with zero attached hydrogens (tertiary/aromatic N) is 2. The summed E-state index contributed by atoms with van der Waals surface area (Å²) >= 11 is 0. The van der Waals surface area contributed by atoms with Crippen molar-refractivity contribution >= 4 is 5.97 Å². The summed E-state index contributed by atoms with van der Waals surface area (Å²) in [4.78, 5) is 11.9. The molecule has 1 aromatic carbocycles. The smallest absolute Gasteiger partial charge is 0.341 e. The average molecular weight is 350 g/mol. The average Bonchev–Trinajstić information content (AvgIpc) is 3.02. The quantitative estimate of drug-likeness (QED) is 0.613. The van der Waals surface area contributed by atoms with Gasteiger partial charge in [-0.05, 0) is 31.5 Å². The van der Waals surface area contributed by atoms with Gasteiger partial charge in [0, 0.05) is 6.20 Å². The van der Waals surface area contributed by atoms with Gasteiger partial charge >= 0.3 is 5.97 Å². The monoisotopic (exact) mass is 350 g/mol. The fourth-order valence-electron chi connectivity index (χ4n) is 2.13. The number of esters is 1. The van der Waals surface area contributed by atoms with Crippen molar-refractivity contribution in [1.82, 2.24) is 9.78 Å². The van der Waals surface area contributed by atoms with Crippen LogP contribution in [-0.2, 0) is 17.1 Å². The van der Waals surface area contributed by atoms with Crippen LogP contribution in [0.25, 0.3) is 0 Å². The van der Waals surface area contributed by atoms with Crippen LogP contribution in [0.1, 0.15) is 49.3 Å². The lowest BCUT2D eigenvalue weighted by Gasteiger charge is -2.14. The Hall–Kier alpha value is -2.38. The van der Waals surface area contributed by atoms with Crippen LogP contribution in [0, 0.1) is 0 Å². The zero-order valence-electron chi connectivity index (χ0n) is 15.3. The second-order valence-electron chi connectivity index (χ2n) is 5.18. The van der Waals surface area contributed by atoms with Crippen LogP contribution >= 0.6 is 0 Å². The second kappa shape index (κ2) is 9.19. The summed E-state index contributed by atoms with van der Waals surface area (Å²) in [7, 11) is 1.59. The summed E-state index contributed by atoms with van der Waals surface area (Å²) in [5, 5.41) is 23.7. The van der Waals surface area contributed by atoms with Gasteiger partial charge in [0.05, 0.1) is 20.3 Å². The van der Waals surface area contributed by atoms with Gasteiger partial charge in [-0.2, -0.15) is 5.10 Å². The third kappa shape index (κ3) is 5.58. The molecule has 0 aliphatic heterocycles. The van der Waals surface area contributed by atoms with Crippen molar-refractivity contribution in [2.45, 2.75) is 40.0 Å². The predicted molar refractivity (Wildman–Crippen MR) is 93.4 cm³/mol. The van der Waals surface area contributed by atoms with Crippen molar-refractivity contribution in [3.05, 3.63) is 47.3 Å². The van der Waals surface area contributed by atoms with Crippen LogP contribution in [0.5, 0.6) is 5.75 Å². The zero-order chi connectivity index (χ0) is 19.0. The largest absolute Gasteiger partial charge is 0.497 e. The summed E-state index contributed by atoms with van der Waals surface area (Å²) in [5.41, 5.74) is 0.824. The lowest BCUT2D eigenvalue weighted by atomic mass is 10.1. The van der Waals surface area contributed by atoms with Crippen LogP contribution in [0.2, 0.25) is 0 Å². The van der Waals surface area contributed by atoms with E-state index in [1.807, 2.05) is 38.1 Å². The third-order valence-electron chi connectivity index (χ3n) is 3.21. The van der Waals surface area contributed by atoms with Crippen LogP contribution in [0.15, 0.2) is 30.5 Å². The Labute approximate surface area is 147 Å². The zero-order valence-corrected chi connectivity index (χ0v) is 15.3. The number of hydrogen-bond acceptors (Lipinski definition) is 6. The Bertz CT molecular complexity index is 672. The van der Waals surface area contributed by atoms with Gasteiger partial charge in [-0.3, -0.25) is 4.68 Å². The molecule has 7 nitrogen and oxygen atoms in total. The summed E-state index contributed by atoms with van der Waals surface area (Å²) in [5.74, 6) is -2.13. The molecule has 1 aromatic heterocycles. The molecule has 0 bridgehead atoms. The molecule has 0 spiro atoms. The van der Waals surface area contributed by atoms with Crippen LogP contribution in [0.4, 0.5) is 0 Å². The molecule has 0 saturated heterocycles. The first-order valence-electron chi connectivity index (χ1n) is 8.18. The van der Waals surface area contributed by atoms with Gasteiger partial charge in [-0.1, -0.05) is 26.0 Å². The van der Waals surface area contributed by atoms with Crippen LogP contribution < -0.4 is 4.74 Å². The Kier molecular flexibility index (Phi) is 7.60. The maximum atomic E-state index is 11.9. The van der Waals surface area contributed by atoms with E-state index in [4.69, 9.17) is 9.47 Å². The molecule has 0 atom stereocenters. The van der Waals surface area contributed by atoms with Gasteiger partial charge < -0.3 is 19.7 Å². The Morgan fingerprint density at radius 1 is 1.24 bits per heavy atom. The summed E-state index contributed by atoms with van der Waals surface area (Å²) in [6.45, 7) is 7.38. The molecule has 1 heterocycles. The van der Waals surface area contributed by atoms with Gasteiger partial charge in [0.15, 0.2) is 0 Å². The molecule has 138 valence electrons. The molecule has 0 unspecified atom stereocenters. The maximum absolute atomic E-state index is 11.9. The van der Waals surface area contributed by atoms with Crippen molar-refractivity contribution in [1.29, 1.82) is 0 Å².